The third kappa shape index (κ3) is 2.28. The molecule has 2 fully saturated rings. The lowest BCUT2D eigenvalue weighted by atomic mass is 9.94. The van der Waals surface area contributed by atoms with E-state index in [0.717, 1.165) is 17.9 Å². The molecule has 0 radical (unpaired) electrons. The molecule has 0 bridgehead atoms. The molecule has 1 aromatic carbocycles. The van der Waals surface area contributed by atoms with Crippen LogP contribution in [0.1, 0.15) is 44.2 Å². The molecule has 0 spiro atoms. The number of hydrogen-bond acceptors (Lipinski definition) is 1. The molecule has 0 amide bonds. The standard InChI is InChI=1S/C15H19F2N/c1-9(12-6-5-11(16)8-14(12)17)18-15-4-2-3-10-7-13(10)15/h5-6,8-10,13,15,18H,2-4,7H2,1H3. The van der Waals surface area contributed by atoms with Gasteiger partial charge in [0.2, 0.25) is 0 Å². The Balaban J connectivity index is 1.68. The molecule has 0 aliphatic heterocycles. The van der Waals surface area contributed by atoms with E-state index in [2.05, 4.69) is 5.32 Å². The first-order valence-electron chi connectivity index (χ1n) is 6.86. The van der Waals surface area contributed by atoms with E-state index in [-0.39, 0.29) is 6.04 Å². The maximum atomic E-state index is 13.7. The molecule has 2 aliphatic carbocycles. The number of halogens is 2. The molecule has 4 unspecified atom stereocenters. The summed E-state index contributed by atoms with van der Waals surface area (Å²) in [5, 5.41) is 3.52. The van der Waals surface area contributed by atoms with Crippen molar-refractivity contribution < 1.29 is 8.78 Å². The van der Waals surface area contributed by atoms with Crippen molar-refractivity contribution in [3.8, 4) is 0 Å². The van der Waals surface area contributed by atoms with Crippen LogP contribution in [0.4, 0.5) is 8.78 Å². The number of rotatable bonds is 3. The summed E-state index contributed by atoms with van der Waals surface area (Å²) in [7, 11) is 0. The Kier molecular flexibility index (Phi) is 3.10. The highest BCUT2D eigenvalue weighted by atomic mass is 19.1. The first kappa shape index (κ1) is 12.1. The molecule has 98 valence electrons. The van der Waals surface area contributed by atoms with Gasteiger partial charge in [0.1, 0.15) is 11.6 Å². The van der Waals surface area contributed by atoms with Gasteiger partial charge in [0.05, 0.1) is 0 Å². The molecule has 2 aliphatic rings. The van der Waals surface area contributed by atoms with Gasteiger partial charge in [0.15, 0.2) is 0 Å². The Morgan fingerprint density at radius 3 is 2.89 bits per heavy atom. The Morgan fingerprint density at radius 1 is 1.28 bits per heavy atom. The van der Waals surface area contributed by atoms with Crippen molar-refractivity contribution in [1.82, 2.24) is 5.32 Å². The summed E-state index contributed by atoms with van der Waals surface area (Å²) >= 11 is 0. The lowest BCUT2D eigenvalue weighted by Crippen LogP contribution is -2.35. The van der Waals surface area contributed by atoms with Crippen LogP contribution < -0.4 is 5.32 Å². The fourth-order valence-electron chi connectivity index (χ4n) is 3.38. The number of hydrogen-bond donors (Lipinski definition) is 1. The molecule has 2 saturated carbocycles. The van der Waals surface area contributed by atoms with Gasteiger partial charge in [-0.1, -0.05) is 18.9 Å². The summed E-state index contributed by atoms with van der Waals surface area (Å²) in [6, 6.07) is 4.32. The molecule has 1 aromatic rings. The smallest absolute Gasteiger partial charge is 0.130 e. The van der Waals surface area contributed by atoms with Crippen LogP contribution in [0.3, 0.4) is 0 Å². The average Bonchev–Trinajstić information content (AvgIpc) is 3.08. The molecular weight excluding hydrogens is 232 g/mol. The molecule has 3 heteroatoms. The molecule has 1 N–H and O–H groups in total. The van der Waals surface area contributed by atoms with Crippen LogP contribution in [-0.2, 0) is 0 Å². The van der Waals surface area contributed by atoms with Gasteiger partial charge in [-0.15, -0.1) is 0 Å². The van der Waals surface area contributed by atoms with E-state index in [1.54, 1.807) is 6.07 Å². The first-order valence-corrected chi connectivity index (χ1v) is 6.86. The fraction of sp³-hybridized carbons (Fsp3) is 0.600. The second-order valence-electron chi connectivity index (χ2n) is 5.75. The van der Waals surface area contributed by atoms with Crippen molar-refractivity contribution in [3.63, 3.8) is 0 Å². The molecule has 0 aromatic heterocycles. The summed E-state index contributed by atoms with van der Waals surface area (Å²) in [6.45, 7) is 1.96. The van der Waals surface area contributed by atoms with Crippen LogP contribution in [0.25, 0.3) is 0 Å². The summed E-state index contributed by atoms with van der Waals surface area (Å²) in [5.41, 5.74) is 0.569. The van der Waals surface area contributed by atoms with E-state index in [0.29, 0.717) is 11.6 Å². The Morgan fingerprint density at radius 2 is 2.11 bits per heavy atom. The molecule has 0 saturated heterocycles. The van der Waals surface area contributed by atoms with Gasteiger partial charge in [0, 0.05) is 23.7 Å². The molecule has 4 atom stereocenters. The van der Waals surface area contributed by atoms with Crippen molar-refractivity contribution in [3.05, 3.63) is 35.4 Å². The Hall–Kier alpha value is -0.960. The van der Waals surface area contributed by atoms with E-state index in [4.69, 9.17) is 0 Å². The first-order chi connectivity index (χ1) is 8.65. The van der Waals surface area contributed by atoms with Gasteiger partial charge < -0.3 is 5.32 Å². The highest BCUT2D eigenvalue weighted by molar-refractivity contribution is 5.22. The SMILES string of the molecule is CC(NC1CCCC2CC21)c1ccc(F)cc1F. The molecular formula is C15H19F2N. The van der Waals surface area contributed by atoms with E-state index in [9.17, 15) is 8.78 Å². The quantitative estimate of drug-likeness (QED) is 0.861. The largest absolute Gasteiger partial charge is 0.307 e. The average molecular weight is 251 g/mol. The zero-order valence-electron chi connectivity index (χ0n) is 10.6. The van der Waals surface area contributed by atoms with Crippen LogP contribution in [-0.4, -0.2) is 6.04 Å². The maximum Gasteiger partial charge on any atom is 0.130 e. The van der Waals surface area contributed by atoms with Gasteiger partial charge in [0.25, 0.3) is 0 Å². The van der Waals surface area contributed by atoms with Crippen LogP contribution >= 0.6 is 0 Å². The van der Waals surface area contributed by atoms with E-state index in [1.807, 2.05) is 6.92 Å². The lowest BCUT2D eigenvalue weighted by molar-refractivity contribution is 0.325. The topological polar surface area (TPSA) is 12.0 Å². The van der Waals surface area contributed by atoms with E-state index in [1.165, 1.54) is 31.7 Å². The van der Waals surface area contributed by atoms with Gasteiger partial charge in [-0.2, -0.15) is 0 Å². The minimum Gasteiger partial charge on any atom is -0.307 e. The minimum absolute atomic E-state index is 0.0463. The van der Waals surface area contributed by atoms with Crippen LogP contribution in [0.15, 0.2) is 18.2 Å². The van der Waals surface area contributed by atoms with Crippen molar-refractivity contribution in [1.29, 1.82) is 0 Å². The van der Waals surface area contributed by atoms with Crippen molar-refractivity contribution in [2.75, 3.05) is 0 Å². The van der Waals surface area contributed by atoms with Crippen LogP contribution in [0.2, 0.25) is 0 Å². The predicted octanol–water partition coefficient (Wildman–Crippen LogP) is 3.80. The maximum absolute atomic E-state index is 13.7. The third-order valence-corrected chi connectivity index (χ3v) is 4.48. The summed E-state index contributed by atoms with van der Waals surface area (Å²) in [4.78, 5) is 0. The Bertz CT molecular complexity index is 446. The monoisotopic (exact) mass is 251 g/mol. The second-order valence-corrected chi connectivity index (χ2v) is 5.75. The highest BCUT2D eigenvalue weighted by Crippen LogP contribution is 2.49. The molecule has 18 heavy (non-hydrogen) atoms. The number of fused-ring (bicyclic) bond motifs is 1. The fourth-order valence-corrected chi connectivity index (χ4v) is 3.38. The molecule has 1 nitrogen and oxygen atoms in total. The molecule has 0 heterocycles. The summed E-state index contributed by atoms with van der Waals surface area (Å²) < 4.78 is 26.6. The second kappa shape index (κ2) is 4.61. The normalized spacial score (nSPS) is 31.8. The van der Waals surface area contributed by atoms with E-state index < -0.39 is 11.6 Å². The zero-order valence-corrected chi connectivity index (χ0v) is 10.6. The Labute approximate surface area is 107 Å². The number of nitrogens with one attached hydrogen (secondary N) is 1. The van der Waals surface area contributed by atoms with Crippen LogP contribution in [0.5, 0.6) is 0 Å². The van der Waals surface area contributed by atoms with Gasteiger partial charge in [-0.25, -0.2) is 8.78 Å². The predicted molar refractivity (Wildman–Crippen MR) is 67.1 cm³/mol. The van der Waals surface area contributed by atoms with Gasteiger partial charge in [-0.05, 0) is 37.7 Å². The van der Waals surface area contributed by atoms with Crippen molar-refractivity contribution >= 4 is 0 Å². The van der Waals surface area contributed by atoms with Crippen LogP contribution in [0, 0.1) is 23.5 Å². The molecule has 3 rings (SSSR count). The highest BCUT2D eigenvalue weighted by Gasteiger charge is 2.45. The van der Waals surface area contributed by atoms with E-state index >= 15 is 0 Å². The number of benzene rings is 1. The third-order valence-electron chi connectivity index (χ3n) is 4.48. The van der Waals surface area contributed by atoms with Gasteiger partial charge in [-0.3, -0.25) is 0 Å². The van der Waals surface area contributed by atoms with Crippen molar-refractivity contribution in [2.45, 2.75) is 44.7 Å². The summed E-state index contributed by atoms with van der Waals surface area (Å²) in [5.74, 6) is 0.743. The minimum atomic E-state index is -0.511. The van der Waals surface area contributed by atoms with Gasteiger partial charge >= 0.3 is 0 Å². The lowest BCUT2D eigenvalue weighted by Gasteiger charge is -2.27. The zero-order chi connectivity index (χ0) is 12.7. The summed E-state index contributed by atoms with van der Waals surface area (Å²) in [6.07, 6.45) is 5.16. The van der Waals surface area contributed by atoms with Crippen molar-refractivity contribution in [2.24, 2.45) is 11.8 Å².